The van der Waals surface area contributed by atoms with E-state index in [1.807, 2.05) is 0 Å². The van der Waals surface area contributed by atoms with Crippen molar-refractivity contribution in [1.82, 2.24) is 10.2 Å². The van der Waals surface area contributed by atoms with Gasteiger partial charge in [-0.3, -0.25) is 0 Å². The van der Waals surface area contributed by atoms with E-state index in [0.717, 1.165) is 0 Å². The fourth-order valence-corrected chi connectivity index (χ4v) is 0.937. The van der Waals surface area contributed by atoms with E-state index in [1.54, 1.807) is 13.8 Å². The third kappa shape index (κ3) is 3.61. The second-order valence-electron chi connectivity index (χ2n) is 2.70. The summed E-state index contributed by atoms with van der Waals surface area (Å²) >= 11 is 0. The van der Waals surface area contributed by atoms with Gasteiger partial charge in [0.25, 0.3) is 0 Å². The number of carbonyl (C=O) groups excluding carboxylic acids is 1. The molecule has 6 heteroatoms. The van der Waals surface area contributed by atoms with E-state index in [0.29, 0.717) is 13.1 Å². The van der Waals surface area contributed by atoms with Crippen molar-refractivity contribution in [2.45, 2.75) is 19.9 Å². The maximum Gasteiger partial charge on any atom is 0.328 e. The molecule has 0 saturated heterocycles. The van der Waals surface area contributed by atoms with Crippen molar-refractivity contribution in [3.05, 3.63) is 0 Å². The molecular weight excluding hydrogens is 188 g/mol. The lowest BCUT2D eigenvalue weighted by Gasteiger charge is -2.21. The van der Waals surface area contributed by atoms with Gasteiger partial charge in [0, 0.05) is 13.1 Å². The SMILES string of the molecule is CCN(CC)C(=O)NC(CO)C(=O)O. The van der Waals surface area contributed by atoms with Crippen LogP contribution in [-0.2, 0) is 4.79 Å². The topological polar surface area (TPSA) is 89.9 Å². The van der Waals surface area contributed by atoms with E-state index in [4.69, 9.17) is 10.2 Å². The molecule has 0 saturated carbocycles. The first-order valence-electron chi connectivity index (χ1n) is 4.45. The number of carboxylic acid groups (broad SMARTS) is 1. The number of aliphatic carboxylic acids is 1. The first-order chi connectivity index (χ1) is 6.56. The highest BCUT2D eigenvalue weighted by Crippen LogP contribution is 1.91. The summed E-state index contributed by atoms with van der Waals surface area (Å²) in [5.41, 5.74) is 0. The quantitative estimate of drug-likeness (QED) is 0.562. The van der Waals surface area contributed by atoms with Crippen LogP contribution in [-0.4, -0.2) is 52.9 Å². The van der Waals surface area contributed by atoms with Gasteiger partial charge in [-0.2, -0.15) is 0 Å². The molecule has 3 N–H and O–H groups in total. The minimum atomic E-state index is -1.24. The number of aliphatic hydroxyl groups excluding tert-OH is 1. The first-order valence-corrected chi connectivity index (χ1v) is 4.45. The molecule has 6 nitrogen and oxygen atoms in total. The molecule has 0 aliphatic carbocycles. The molecule has 0 radical (unpaired) electrons. The minimum absolute atomic E-state index is 0.476. The Hall–Kier alpha value is -1.30. The number of nitrogens with zero attached hydrogens (tertiary/aromatic N) is 1. The lowest BCUT2D eigenvalue weighted by molar-refractivity contribution is -0.140. The Balaban J connectivity index is 4.20. The Bertz CT molecular complexity index is 204. The van der Waals surface area contributed by atoms with Gasteiger partial charge in [0.15, 0.2) is 6.04 Å². The number of nitrogens with one attached hydrogen (secondary N) is 1. The van der Waals surface area contributed by atoms with Crippen molar-refractivity contribution in [3.8, 4) is 0 Å². The van der Waals surface area contributed by atoms with Crippen LogP contribution < -0.4 is 5.32 Å². The lowest BCUT2D eigenvalue weighted by Crippen LogP contribution is -2.49. The van der Waals surface area contributed by atoms with Gasteiger partial charge in [0.2, 0.25) is 0 Å². The van der Waals surface area contributed by atoms with Crippen LogP contribution in [0.15, 0.2) is 0 Å². The smallest absolute Gasteiger partial charge is 0.328 e. The van der Waals surface area contributed by atoms with Crippen molar-refractivity contribution in [2.24, 2.45) is 0 Å². The molecule has 0 aromatic rings. The predicted molar refractivity (Wildman–Crippen MR) is 50.0 cm³/mol. The summed E-state index contributed by atoms with van der Waals surface area (Å²) < 4.78 is 0. The molecule has 1 unspecified atom stereocenters. The molecule has 0 fully saturated rings. The molecule has 2 amide bonds. The maximum atomic E-state index is 11.3. The van der Waals surface area contributed by atoms with Crippen LogP contribution in [0.1, 0.15) is 13.8 Å². The van der Waals surface area contributed by atoms with Crippen LogP contribution in [0.4, 0.5) is 4.79 Å². The number of carbonyl (C=O) groups is 2. The van der Waals surface area contributed by atoms with Crippen LogP contribution in [0.3, 0.4) is 0 Å². The maximum absolute atomic E-state index is 11.3. The molecule has 0 aliphatic rings. The molecule has 82 valence electrons. The van der Waals surface area contributed by atoms with Gasteiger partial charge in [-0.05, 0) is 13.8 Å². The summed E-state index contributed by atoms with van der Waals surface area (Å²) in [4.78, 5) is 23.2. The number of carboxylic acids is 1. The van der Waals surface area contributed by atoms with Crippen LogP contribution in [0.5, 0.6) is 0 Å². The summed E-state index contributed by atoms with van der Waals surface area (Å²) in [5.74, 6) is -1.24. The van der Waals surface area contributed by atoms with Crippen LogP contribution in [0.25, 0.3) is 0 Å². The van der Waals surface area contributed by atoms with Crippen LogP contribution >= 0.6 is 0 Å². The zero-order valence-corrected chi connectivity index (χ0v) is 8.36. The molecule has 0 heterocycles. The van der Waals surface area contributed by atoms with Gasteiger partial charge in [0.05, 0.1) is 6.61 Å². The van der Waals surface area contributed by atoms with E-state index < -0.39 is 24.6 Å². The van der Waals surface area contributed by atoms with E-state index in [9.17, 15) is 9.59 Å². The highest BCUT2D eigenvalue weighted by Gasteiger charge is 2.20. The Kier molecular flexibility index (Phi) is 5.62. The molecule has 0 aromatic heterocycles. The second-order valence-corrected chi connectivity index (χ2v) is 2.70. The van der Waals surface area contributed by atoms with Crippen molar-refractivity contribution in [1.29, 1.82) is 0 Å². The third-order valence-electron chi connectivity index (χ3n) is 1.83. The molecule has 0 aromatic carbocycles. The zero-order valence-electron chi connectivity index (χ0n) is 8.36. The number of hydrogen-bond acceptors (Lipinski definition) is 3. The van der Waals surface area contributed by atoms with Gasteiger partial charge in [-0.15, -0.1) is 0 Å². The zero-order chi connectivity index (χ0) is 11.1. The summed E-state index contributed by atoms with van der Waals surface area (Å²) in [5, 5.41) is 19.4. The van der Waals surface area contributed by atoms with Gasteiger partial charge in [-0.1, -0.05) is 0 Å². The highest BCUT2D eigenvalue weighted by molar-refractivity contribution is 5.82. The molecule has 0 bridgehead atoms. The van der Waals surface area contributed by atoms with Crippen molar-refractivity contribution >= 4 is 12.0 Å². The standard InChI is InChI=1S/C8H16N2O4/c1-3-10(4-2)8(14)9-6(5-11)7(12)13/h6,11H,3-5H2,1-2H3,(H,9,14)(H,12,13). The fourth-order valence-electron chi connectivity index (χ4n) is 0.937. The first kappa shape index (κ1) is 12.7. The Morgan fingerprint density at radius 2 is 1.86 bits per heavy atom. The molecular formula is C8H16N2O4. The average molecular weight is 204 g/mol. The van der Waals surface area contributed by atoms with Crippen molar-refractivity contribution in [3.63, 3.8) is 0 Å². The van der Waals surface area contributed by atoms with Crippen LogP contribution in [0.2, 0.25) is 0 Å². The Morgan fingerprint density at radius 1 is 1.36 bits per heavy atom. The van der Waals surface area contributed by atoms with Crippen LogP contribution in [0, 0.1) is 0 Å². The number of amides is 2. The van der Waals surface area contributed by atoms with E-state index in [-0.39, 0.29) is 0 Å². The van der Waals surface area contributed by atoms with E-state index in [1.165, 1.54) is 4.90 Å². The molecule has 1 atom stereocenters. The van der Waals surface area contributed by atoms with Gasteiger partial charge < -0.3 is 20.4 Å². The van der Waals surface area contributed by atoms with Gasteiger partial charge in [0.1, 0.15) is 0 Å². The second kappa shape index (κ2) is 6.20. The number of hydrogen-bond donors (Lipinski definition) is 3. The molecule has 14 heavy (non-hydrogen) atoms. The number of aliphatic hydroxyl groups is 1. The minimum Gasteiger partial charge on any atom is -0.480 e. The predicted octanol–water partition coefficient (Wildman–Crippen LogP) is -0.517. The number of urea groups is 1. The average Bonchev–Trinajstić information content (AvgIpc) is 2.15. The largest absolute Gasteiger partial charge is 0.480 e. The fraction of sp³-hybridized carbons (Fsp3) is 0.750. The molecule has 0 rings (SSSR count). The monoisotopic (exact) mass is 204 g/mol. The van der Waals surface area contributed by atoms with Crippen molar-refractivity contribution in [2.75, 3.05) is 19.7 Å². The summed E-state index contributed by atoms with van der Waals surface area (Å²) in [6.07, 6.45) is 0. The number of rotatable bonds is 5. The third-order valence-corrected chi connectivity index (χ3v) is 1.83. The van der Waals surface area contributed by atoms with E-state index in [2.05, 4.69) is 5.32 Å². The summed E-state index contributed by atoms with van der Waals surface area (Å²) in [6, 6.07) is -1.71. The van der Waals surface area contributed by atoms with Crippen molar-refractivity contribution < 1.29 is 19.8 Å². The molecule has 0 spiro atoms. The summed E-state index contributed by atoms with van der Waals surface area (Å²) in [6.45, 7) is 3.97. The lowest BCUT2D eigenvalue weighted by atomic mass is 10.3. The normalized spacial score (nSPS) is 11.9. The van der Waals surface area contributed by atoms with E-state index >= 15 is 0 Å². The Morgan fingerprint density at radius 3 is 2.14 bits per heavy atom. The van der Waals surface area contributed by atoms with Gasteiger partial charge in [-0.25, -0.2) is 9.59 Å². The summed E-state index contributed by atoms with van der Waals surface area (Å²) in [7, 11) is 0. The molecule has 0 aliphatic heterocycles. The highest BCUT2D eigenvalue weighted by atomic mass is 16.4. The Labute approximate surface area is 82.5 Å². The van der Waals surface area contributed by atoms with Gasteiger partial charge >= 0.3 is 12.0 Å².